The Morgan fingerprint density at radius 3 is 2.38 bits per heavy atom. The molecule has 0 spiro atoms. The van der Waals surface area contributed by atoms with Crippen LogP contribution in [0.4, 0.5) is 5.82 Å². The van der Waals surface area contributed by atoms with Crippen LogP contribution in [-0.4, -0.2) is 23.2 Å². The zero-order valence-electron chi connectivity index (χ0n) is 17.3. The number of sulfonamides is 1. The number of pyridine rings is 1. The van der Waals surface area contributed by atoms with E-state index in [1.54, 1.807) is 35.1 Å². The number of nitrogens with zero attached hydrogens (tertiary/aromatic N) is 3. The highest BCUT2D eigenvalue weighted by Crippen LogP contribution is 2.28. The number of aromatic nitrogens is 3. The van der Waals surface area contributed by atoms with Gasteiger partial charge in [0.25, 0.3) is 10.0 Å². The maximum Gasteiger partial charge on any atom is 0.265 e. The topological polar surface area (TPSA) is 76.9 Å². The molecule has 5 aromatic rings. The SMILES string of the molecule is Cc1ccc(-n2nc(-c3ccccc3)cc2NS(=O)(=O)c2cccc3cccnc23)cc1. The summed E-state index contributed by atoms with van der Waals surface area (Å²) in [6.07, 6.45) is 1.59. The van der Waals surface area contributed by atoms with Crippen molar-refractivity contribution >= 4 is 26.7 Å². The van der Waals surface area contributed by atoms with Gasteiger partial charge in [0, 0.05) is 23.2 Å². The highest BCUT2D eigenvalue weighted by atomic mass is 32.2. The van der Waals surface area contributed by atoms with Gasteiger partial charge in [-0.1, -0.05) is 66.2 Å². The summed E-state index contributed by atoms with van der Waals surface area (Å²) < 4.78 is 31.2. The molecule has 32 heavy (non-hydrogen) atoms. The molecule has 3 aromatic carbocycles. The van der Waals surface area contributed by atoms with Gasteiger partial charge in [0.05, 0.1) is 16.9 Å². The molecule has 0 saturated heterocycles. The fourth-order valence-electron chi connectivity index (χ4n) is 3.57. The van der Waals surface area contributed by atoms with Crippen molar-refractivity contribution in [1.29, 1.82) is 0 Å². The van der Waals surface area contributed by atoms with Crippen LogP contribution in [0.2, 0.25) is 0 Å². The van der Waals surface area contributed by atoms with E-state index in [1.807, 2.05) is 73.7 Å². The Morgan fingerprint density at radius 1 is 0.844 bits per heavy atom. The average Bonchev–Trinajstić information content (AvgIpc) is 3.23. The van der Waals surface area contributed by atoms with Crippen LogP contribution in [0.3, 0.4) is 0 Å². The number of fused-ring (bicyclic) bond motifs is 1. The maximum absolute atomic E-state index is 13.4. The van der Waals surface area contributed by atoms with Crippen molar-refractivity contribution < 1.29 is 8.42 Å². The quantitative estimate of drug-likeness (QED) is 0.408. The number of anilines is 1. The lowest BCUT2D eigenvalue weighted by molar-refractivity contribution is 0.601. The Hall–Kier alpha value is -3.97. The van der Waals surface area contributed by atoms with Gasteiger partial charge in [-0.25, -0.2) is 13.1 Å². The van der Waals surface area contributed by atoms with E-state index in [2.05, 4.69) is 9.71 Å². The standard InChI is InChI=1S/C25H20N4O2S/c1-18-12-14-21(15-13-18)29-24(17-22(27-29)19-7-3-2-4-8-19)28-32(30,31)23-11-5-9-20-10-6-16-26-25(20)23/h2-17,28H,1H3. The molecular weight excluding hydrogens is 420 g/mol. The van der Waals surface area contributed by atoms with Crippen molar-refractivity contribution in [2.24, 2.45) is 0 Å². The number of hydrogen-bond acceptors (Lipinski definition) is 4. The molecule has 0 atom stereocenters. The summed E-state index contributed by atoms with van der Waals surface area (Å²) in [6, 6.07) is 27.9. The summed E-state index contributed by atoms with van der Waals surface area (Å²) in [7, 11) is -3.92. The first-order chi connectivity index (χ1) is 15.5. The van der Waals surface area contributed by atoms with Crippen molar-refractivity contribution in [3.63, 3.8) is 0 Å². The molecule has 1 N–H and O–H groups in total. The summed E-state index contributed by atoms with van der Waals surface area (Å²) in [5.41, 5.74) is 3.84. The molecule has 0 aliphatic rings. The van der Waals surface area contributed by atoms with E-state index in [4.69, 9.17) is 5.10 Å². The molecule has 158 valence electrons. The second-order valence-corrected chi connectivity index (χ2v) is 9.12. The lowest BCUT2D eigenvalue weighted by atomic mass is 10.2. The molecule has 0 radical (unpaired) electrons. The van der Waals surface area contributed by atoms with Crippen LogP contribution in [0.15, 0.2) is 102 Å². The first kappa shape index (κ1) is 20.0. The van der Waals surface area contributed by atoms with Crippen molar-refractivity contribution in [3.05, 3.63) is 103 Å². The lowest BCUT2D eigenvalue weighted by Gasteiger charge is -2.12. The number of nitrogens with one attached hydrogen (secondary N) is 1. The van der Waals surface area contributed by atoms with Crippen LogP contribution in [0.1, 0.15) is 5.56 Å². The van der Waals surface area contributed by atoms with Crippen LogP contribution in [-0.2, 0) is 10.0 Å². The molecule has 0 fully saturated rings. The third-order valence-electron chi connectivity index (χ3n) is 5.18. The molecule has 2 aromatic heterocycles. The van der Waals surface area contributed by atoms with Crippen LogP contribution < -0.4 is 4.72 Å². The minimum Gasteiger partial charge on any atom is -0.263 e. The molecule has 0 bridgehead atoms. The van der Waals surface area contributed by atoms with Gasteiger partial charge in [0.1, 0.15) is 10.7 Å². The fraction of sp³-hybridized carbons (Fsp3) is 0.0400. The van der Waals surface area contributed by atoms with E-state index in [9.17, 15) is 8.42 Å². The summed E-state index contributed by atoms with van der Waals surface area (Å²) in [6.45, 7) is 2.00. The summed E-state index contributed by atoms with van der Waals surface area (Å²) in [4.78, 5) is 4.41. The zero-order chi connectivity index (χ0) is 22.1. The van der Waals surface area contributed by atoms with Crippen molar-refractivity contribution in [2.45, 2.75) is 11.8 Å². The van der Waals surface area contributed by atoms with Crippen LogP contribution in [0.25, 0.3) is 27.8 Å². The first-order valence-corrected chi connectivity index (χ1v) is 11.6. The molecule has 0 amide bonds. The van der Waals surface area contributed by atoms with Gasteiger partial charge >= 0.3 is 0 Å². The summed E-state index contributed by atoms with van der Waals surface area (Å²) in [5.74, 6) is 0.348. The third-order valence-corrected chi connectivity index (χ3v) is 6.57. The van der Waals surface area contributed by atoms with Gasteiger partial charge in [-0.3, -0.25) is 9.71 Å². The molecule has 6 nitrogen and oxygen atoms in total. The fourth-order valence-corrected chi connectivity index (χ4v) is 4.79. The van der Waals surface area contributed by atoms with Gasteiger partial charge in [0.2, 0.25) is 0 Å². The summed E-state index contributed by atoms with van der Waals surface area (Å²) in [5, 5.41) is 5.45. The Labute approximate surface area is 186 Å². The minimum atomic E-state index is -3.92. The number of benzene rings is 3. The van der Waals surface area contributed by atoms with Gasteiger partial charge in [-0.15, -0.1) is 0 Å². The Kier molecular flexibility index (Phi) is 4.95. The predicted molar refractivity (Wildman–Crippen MR) is 126 cm³/mol. The van der Waals surface area contributed by atoms with Crippen LogP contribution >= 0.6 is 0 Å². The number of aryl methyl sites for hydroxylation is 1. The summed E-state index contributed by atoms with van der Waals surface area (Å²) >= 11 is 0. The monoisotopic (exact) mass is 440 g/mol. The molecule has 2 heterocycles. The largest absolute Gasteiger partial charge is 0.265 e. The Morgan fingerprint density at radius 2 is 1.59 bits per heavy atom. The molecule has 0 unspecified atom stereocenters. The van der Waals surface area contributed by atoms with E-state index >= 15 is 0 Å². The molecule has 0 aliphatic carbocycles. The smallest absolute Gasteiger partial charge is 0.263 e. The zero-order valence-corrected chi connectivity index (χ0v) is 18.1. The van der Waals surface area contributed by atoms with E-state index in [1.165, 1.54) is 0 Å². The lowest BCUT2D eigenvalue weighted by Crippen LogP contribution is -2.16. The number of rotatable bonds is 5. The number of hydrogen-bond donors (Lipinski definition) is 1. The second kappa shape index (κ2) is 7.94. The van der Waals surface area contributed by atoms with Gasteiger partial charge < -0.3 is 0 Å². The average molecular weight is 441 g/mol. The van der Waals surface area contributed by atoms with Gasteiger partial charge in [-0.2, -0.15) is 5.10 Å². The van der Waals surface area contributed by atoms with Crippen molar-refractivity contribution in [1.82, 2.24) is 14.8 Å². The Bertz CT molecular complexity index is 1500. The van der Waals surface area contributed by atoms with Gasteiger partial charge in [0.15, 0.2) is 0 Å². The molecular formula is C25H20N4O2S. The van der Waals surface area contributed by atoms with Crippen molar-refractivity contribution in [2.75, 3.05) is 4.72 Å². The first-order valence-electron chi connectivity index (χ1n) is 10.1. The van der Waals surface area contributed by atoms with E-state index < -0.39 is 10.0 Å². The van der Waals surface area contributed by atoms with Crippen LogP contribution in [0, 0.1) is 6.92 Å². The molecule has 5 rings (SSSR count). The van der Waals surface area contributed by atoms with Crippen molar-refractivity contribution in [3.8, 4) is 16.9 Å². The highest BCUT2D eigenvalue weighted by molar-refractivity contribution is 7.93. The maximum atomic E-state index is 13.4. The minimum absolute atomic E-state index is 0.119. The Balaban J connectivity index is 1.63. The molecule has 0 aliphatic heterocycles. The third kappa shape index (κ3) is 3.74. The van der Waals surface area contributed by atoms with E-state index in [0.717, 1.165) is 22.2 Å². The van der Waals surface area contributed by atoms with E-state index in [0.29, 0.717) is 17.0 Å². The van der Waals surface area contributed by atoms with E-state index in [-0.39, 0.29) is 4.90 Å². The van der Waals surface area contributed by atoms with Crippen LogP contribution in [0.5, 0.6) is 0 Å². The van der Waals surface area contributed by atoms with Gasteiger partial charge in [-0.05, 0) is 31.2 Å². The predicted octanol–water partition coefficient (Wildman–Crippen LogP) is 5.20. The molecule has 7 heteroatoms. The highest BCUT2D eigenvalue weighted by Gasteiger charge is 2.22. The molecule has 0 saturated carbocycles. The second-order valence-electron chi connectivity index (χ2n) is 7.46. The normalized spacial score (nSPS) is 11.5. The number of para-hydroxylation sites is 1.